The molecule has 2 N–H and O–H groups in total. The van der Waals surface area contributed by atoms with Crippen LogP contribution in [0.4, 0.5) is 0 Å². The molecule has 2 aliphatic carbocycles. The molecule has 0 saturated heterocycles. The summed E-state index contributed by atoms with van der Waals surface area (Å²) in [6.45, 7) is 7.10. The van der Waals surface area contributed by atoms with Crippen LogP contribution >= 0.6 is 0 Å². The number of hydrogen-bond donors (Lipinski definition) is 1. The van der Waals surface area contributed by atoms with E-state index in [1.807, 2.05) is 0 Å². The molecule has 1 heteroatoms. The lowest BCUT2D eigenvalue weighted by atomic mass is 9.68. The minimum Gasteiger partial charge on any atom is -0.325 e. The molecule has 2 fully saturated rings. The number of hydrogen-bond acceptors (Lipinski definition) is 1. The van der Waals surface area contributed by atoms with Crippen LogP contribution in [-0.2, 0) is 0 Å². The summed E-state index contributed by atoms with van der Waals surface area (Å²) in [6, 6.07) is 0. The highest BCUT2D eigenvalue weighted by molar-refractivity contribution is 5.11. The van der Waals surface area contributed by atoms with E-state index in [-0.39, 0.29) is 5.54 Å². The molecule has 3 atom stereocenters. The minimum absolute atomic E-state index is 0.203. The molecule has 0 heterocycles. The highest BCUT2D eigenvalue weighted by Crippen LogP contribution is 2.59. The van der Waals surface area contributed by atoms with Crippen molar-refractivity contribution >= 4 is 0 Å². The molecule has 11 heavy (non-hydrogen) atoms. The first-order valence-electron chi connectivity index (χ1n) is 4.76. The third-order valence-corrected chi connectivity index (χ3v) is 4.62. The van der Waals surface area contributed by atoms with E-state index in [1.54, 1.807) is 0 Å². The molecule has 0 spiro atoms. The van der Waals surface area contributed by atoms with Gasteiger partial charge in [0, 0.05) is 5.54 Å². The van der Waals surface area contributed by atoms with Gasteiger partial charge in [-0.15, -0.1) is 0 Å². The molecule has 0 aromatic carbocycles. The summed E-state index contributed by atoms with van der Waals surface area (Å²) in [6.07, 6.45) is 3.91. The zero-order valence-electron chi connectivity index (χ0n) is 7.85. The van der Waals surface area contributed by atoms with Gasteiger partial charge in [0.15, 0.2) is 0 Å². The summed E-state index contributed by atoms with van der Waals surface area (Å²) in [5, 5.41) is 0. The quantitative estimate of drug-likeness (QED) is 0.567. The van der Waals surface area contributed by atoms with E-state index in [1.165, 1.54) is 19.3 Å². The number of rotatable bonds is 0. The molecule has 2 rings (SSSR count). The lowest BCUT2D eigenvalue weighted by Crippen LogP contribution is -2.46. The first kappa shape index (κ1) is 7.60. The van der Waals surface area contributed by atoms with Gasteiger partial charge in [-0.05, 0) is 36.5 Å². The Morgan fingerprint density at radius 3 is 2.27 bits per heavy atom. The van der Waals surface area contributed by atoms with Gasteiger partial charge in [-0.25, -0.2) is 0 Å². The lowest BCUT2D eigenvalue weighted by molar-refractivity contribution is 0.123. The van der Waals surface area contributed by atoms with Crippen LogP contribution in [0.3, 0.4) is 0 Å². The number of fused-ring (bicyclic) bond motifs is 2. The van der Waals surface area contributed by atoms with Gasteiger partial charge in [0.2, 0.25) is 0 Å². The monoisotopic (exact) mass is 153 g/mol. The molecule has 0 aliphatic heterocycles. The van der Waals surface area contributed by atoms with E-state index in [0.717, 1.165) is 5.92 Å². The summed E-state index contributed by atoms with van der Waals surface area (Å²) < 4.78 is 0. The largest absolute Gasteiger partial charge is 0.325 e. The number of nitrogens with two attached hydrogens (primary N) is 1. The van der Waals surface area contributed by atoms with Gasteiger partial charge in [0.25, 0.3) is 0 Å². The molecule has 0 aromatic rings. The van der Waals surface area contributed by atoms with Crippen molar-refractivity contribution in [3.63, 3.8) is 0 Å². The van der Waals surface area contributed by atoms with Gasteiger partial charge in [-0.3, -0.25) is 0 Å². The van der Waals surface area contributed by atoms with Crippen LogP contribution in [0.5, 0.6) is 0 Å². The van der Waals surface area contributed by atoms with Gasteiger partial charge in [0.05, 0.1) is 0 Å². The summed E-state index contributed by atoms with van der Waals surface area (Å²) in [7, 11) is 0. The first-order valence-corrected chi connectivity index (χ1v) is 4.76. The summed E-state index contributed by atoms with van der Waals surface area (Å²) in [5.41, 5.74) is 7.03. The molecule has 0 unspecified atom stereocenters. The fraction of sp³-hybridized carbons (Fsp3) is 1.00. The maximum Gasteiger partial charge on any atom is 0.0188 e. The first-order chi connectivity index (χ1) is 4.97. The van der Waals surface area contributed by atoms with Crippen molar-refractivity contribution in [1.29, 1.82) is 0 Å². The molecule has 0 aromatic heterocycles. The van der Waals surface area contributed by atoms with Crippen molar-refractivity contribution in [2.24, 2.45) is 23.0 Å². The van der Waals surface area contributed by atoms with Gasteiger partial charge in [-0.1, -0.05) is 20.8 Å². The van der Waals surface area contributed by atoms with E-state index >= 15 is 0 Å². The molecule has 0 amide bonds. The SMILES string of the molecule is C[C@@H]1C(C)(C)[C@H]2CC[C@]1(N)C2. The van der Waals surface area contributed by atoms with Crippen LogP contribution in [-0.4, -0.2) is 5.54 Å². The van der Waals surface area contributed by atoms with Crippen LogP contribution in [0.1, 0.15) is 40.0 Å². The topological polar surface area (TPSA) is 26.0 Å². The summed E-state index contributed by atoms with van der Waals surface area (Å²) >= 11 is 0. The standard InChI is InChI=1S/C10H19N/c1-7-9(2,3)8-4-5-10(7,11)6-8/h7-8H,4-6,11H2,1-3H3/t7-,8+,10+/m1/s1. The molecular formula is C10H19N. The Labute approximate surface area is 69.4 Å². The second-order valence-corrected chi connectivity index (χ2v) is 5.22. The Balaban J connectivity index is 2.34. The molecule has 2 bridgehead atoms. The zero-order chi connectivity index (χ0) is 8.28. The average molecular weight is 153 g/mol. The normalized spacial score (nSPS) is 53.5. The molecule has 2 saturated carbocycles. The van der Waals surface area contributed by atoms with Crippen molar-refractivity contribution in [2.75, 3.05) is 0 Å². The smallest absolute Gasteiger partial charge is 0.0188 e. The van der Waals surface area contributed by atoms with Crippen molar-refractivity contribution in [3.8, 4) is 0 Å². The van der Waals surface area contributed by atoms with E-state index in [4.69, 9.17) is 5.73 Å². The Bertz CT molecular complexity index is 181. The predicted molar refractivity (Wildman–Crippen MR) is 47.2 cm³/mol. The van der Waals surface area contributed by atoms with Crippen LogP contribution < -0.4 is 5.73 Å². The van der Waals surface area contributed by atoms with Crippen molar-refractivity contribution in [3.05, 3.63) is 0 Å². The predicted octanol–water partition coefficient (Wildman–Crippen LogP) is 2.16. The zero-order valence-corrected chi connectivity index (χ0v) is 7.85. The molecule has 2 aliphatic rings. The van der Waals surface area contributed by atoms with Gasteiger partial charge in [0.1, 0.15) is 0 Å². The van der Waals surface area contributed by atoms with Crippen molar-refractivity contribution in [2.45, 2.75) is 45.6 Å². The average Bonchev–Trinajstić information content (AvgIpc) is 2.36. The minimum atomic E-state index is 0.203. The molecule has 64 valence electrons. The van der Waals surface area contributed by atoms with E-state index < -0.39 is 0 Å². The fourth-order valence-corrected chi connectivity index (χ4v) is 3.23. The van der Waals surface area contributed by atoms with Crippen molar-refractivity contribution < 1.29 is 0 Å². The van der Waals surface area contributed by atoms with Crippen LogP contribution in [0, 0.1) is 17.3 Å². The second kappa shape index (κ2) is 1.82. The summed E-state index contributed by atoms with van der Waals surface area (Å²) in [4.78, 5) is 0. The summed E-state index contributed by atoms with van der Waals surface area (Å²) in [5.74, 6) is 1.62. The van der Waals surface area contributed by atoms with E-state index in [9.17, 15) is 0 Å². The van der Waals surface area contributed by atoms with Crippen molar-refractivity contribution in [1.82, 2.24) is 0 Å². The fourth-order valence-electron chi connectivity index (χ4n) is 3.23. The highest BCUT2D eigenvalue weighted by atomic mass is 14.8. The highest BCUT2D eigenvalue weighted by Gasteiger charge is 2.57. The van der Waals surface area contributed by atoms with E-state index in [2.05, 4.69) is 20.8 Å². The molecular weight excluding hydrogens is 134 g/mol. The Morgan fingerprint density at radius 2 is 2.00 bits per heavy atom. The van der Waals surface area contributed by atoms with Crippen LogP contribution in [0.2, 0.25) is 0 Å². The Kier molecular flexibility index (Phi) is 1.26. The van der Waals surface area contributed by atoms with Crippen LogP contribution in [0.25, 0.3) is 0 Å². The third kappa shape index (κ3) is 0.752. The van der Waals surface area contributed by atoms with Gasteiger partial charge < -0.3 is 5.73 Å². The lowest BCUT2D eigenvalue weighted by Gasteiger charge is -2.40. The van der Waals surface area contributed by atoms with Crippen LogP contribution in [0.15, 0.2) is 0 Å². The van der Waals surface area contributed by atoms with Gasteiger partial charge in [-0.2, -0.15) is 0 Å². The molecule has 0 radical (unpaired) electrons. The van der Waals surface area contributed by atoms with E-state index in [0.29, 0.717) is 11.3 Å². The molecule has 1 nitrogen and oxygen atoms in total. The Morgan fingerprint density at radius 1 is 1.36 bits per heavy atom. The van der Waals surface area contributed by atoms with Gasteiger partial charge >= 0.3 is 0 Å². The second-order valence-electron chi connectivity index (χ2n) is 5.22. The maximum atomic E-state index is 6.32. The third-order valence-electron chi connectivity index (χ3n) is 4.62. The maximum absolute atomic E-state index is 6.32. The Hall–Kier alpha value is -0.0400.